The SMILES string of the molecule is CC(C)NC(=O)CCNC(=O)N1CCCC2(CNC(=O)C2)C1. The molecule has 22 heavy (non-hydrogen) atoms. The summed E-state index contributed by atoms with van der Waals surface area (Å²) in [5.74, 6) is 0.0172. The number of carbonyl (C=O) groups excluding carboxylic acids is 3. The van der Waals surface area contributed by atoms with E-state index in [0.717, 1.165) is 12.8 Å². The van der Waals surface area contributed by atoms with Crippen molar-refractivity contribution in [3.63, 3.8) is 0 Å². The smallest absolute Gasteiger partial charge is 0.317 e. The fourth-order valence-electron chi connectivity index (χ4n) is 3.21. The molecule has 2 rings (SSSR count). The molecule has 2 saturated heterocycles. The third-order valence-corrected chi connectivity index (χ3v) is 4.22. The number of hydrogen-bond acceptors (Lipinski definition) is 3. The highest BCUT2D eigenvalue weighted by atomic mass is 16.2. The highest BCUT2D eigenvalue weighted by Gasteiger charge is 2.42. The maximum absolute atomic E-state index is 12.2. The number of likely N-dealkylation sites (tertiary alicyclic amines) is 1. The van der Waals surface area contributed by atoms with E-state index in [4.69, 9.17) is 0 Å². The van der Waals surface area contributed by atoms with Crippen LogP contribution in [-0.2, 0) is 9.59 Å². The van der Waals surface area contributed by atoms with E-state index in [1.807, 2.05) is 13.8 Å². The summed E-state index contributed by atoms with van der Waals surface area (Å²) in [4.78, 5) is 37.0. The lowest BCUT2D eigenvalue weighted by molar-refractivity contribution is -0.121. The summed E-state index contributed by atoms with van der Waals surface area (Å²) in [6.07, 6.45) is 2.68. The standard InChI is InChI=1S/C15H26N4O3/c1-11(2)18-12(20)4-6-16-14(22)19-7-3-5-15(10-19)8-13(21)17-9-15/h11H,3-10H2,1-2H3,(H,16,22)(H,17,21)(H,18,20). The topological polar surface area (TPSA) is 90.5 Å². The van der Waals surface area contributed by atoms with Gasteiger partial charge in [-0.1, -0.05) is 0 Å². The zero-order chi connectivity index (χ0) is 16.2. The highest BCUT2D eigenvalue weighted by Crippen LogP contribution is 2.35. The van der Waals surface area contributed by atoms with E-state index in [0.29, 0.717) is 32.6 Å². The molecule has 0 bridgehead atoms. The van der Waals surface area contributed by atoms with Crippen molar-refractivity contribution in [1.29, 1.82) is 0 Å². The third kappa shape index (κ3) is 4.35. The van der Waals surface area contributed by atoms with Gasteiger partial charge in [-0.2, -0.15) is 0 Å². The van der Waals surface area contributed by atoms with Crippen molar-refractivity contribution in [2.45, 2.75) is 45.6 Å². The van der Waals surface area contributed by atoms with Crippen LogP contribution in [0.25, 0.3) is 0 Å². The maximum atomic E-state index is 12.2. The van der Waals surface area contributed by atoms with Gasteiger partial charge in [0.25, 0.3) is 0 Å². The average molecular weight is 310 g/mol. The quantitative estimate of drug-likeness (QED) is 0.693. The van der Waals surface area contributed by atoms with Gasteiger partial charge >= 0.3 is 6.03 Å². The van der Waals surface area contributed by atoms with Gasteiger partial charge in [0.2, 0.25) is 11.8 Å². The van der Waals surface area contributed by atoms with E-state index in [1.165, 1.54) is 0 Å². The fraction of sp³-hybridized carbons (Fsp3) is 0.800. The summed E-state index contributed by atoms with van der Waals surface area (Å²) in [6, 6.07) is -0.0340. The molecule has 7 heteroatoms. The molecule has 2 aliphatic heterocycles. The Balaban J connectivity index is 1.75. The Labute approximate surface area is 131 Å². The van der Waals surface area contributed by atoms with Crippen LogP contribution < -0.4 is 16.0 Å². The molecular formula is C15H26N4O3. The second-order valence-corrected chi connectivity index (χ2v) is 6.68. The zero-order valence-electron chi connectivity index (χ0n) is 13.4. The van der Waals surface area contributed by atoms with Gasteiger partial charge < -0.3 is 20.9 Å². The van der Waals surface area contributed by atoms with Gasteiger partial charge in [-0.05, 0) is 26.7 Å². The molecule has 0 aromatic heterocycles. The lowest BCUT2D eigenvalue weighted by atomic mass is 9.79. The Bertz CT molecular complexity index is 452. The predicted molar refractivity (Wildman–Crippen MR) is 82.2 cm³/mol. The third-order valence-electron chi connectivity index (χ3n) is 4.22. The van der Waals surface area contributed by atoms with Gasteiger partial charge in [-0.3, -0.25) is 9.59 Å². The minimum absolute atomic E-state index is 0.0593. The normalized spacial score (nSPS) is 24.5. The monoisotopic (exact) mass is 310 g/mol. The highest BCUT2D eigenvalue weighted by molar-refractivity contribution is 5.80. The molecule has 7 nitrogen and oxygen atoms in total. The minimum Gasteiger partial charge on any atom is -0.355 e. The minimum atomic E-state index is -0.143. The second-order valence-electron chi connectivity index (χ2n) is 6.68. The summed E-state index contributed by atoms with van der Waals surface area (Å²) in [7, 11) is 0. The van der Waals surface area contributed by atoms with E-state index < -0.39 is 0 Å². The van der Waals surface area contributed by atoms with Crippen LogP contribution >= 0.6 is 0 Å². The van der Waals surface area contributed by atoms with Crippen LogP contribution in [0.15, 0.2) is 0 Å². The van der Waals surface area contributed by atoms with Crippen LogP contribution in [0.5, 0.6) is 0 Å². The summed E-state index contributed by atoms with van der Waals surface area (Å²) in [6.45, 7) is 6.11. The molecule has 124 valence electrons. The largest absolute Gasteiger partial charge is 0.355 e. The average Bonchev–Trinajstić information content (AvgIpc) is 2.78. The van der Waals surface area contributed by atoms with E-state index in [1.54, 1.807) is 4.90 Å². The fourth-order valence-corrected chi connectivity index (χ4v) is 3.21. The molecule has 2 fully saturated rings. The summed E-state index contributed by atoms with van der Waals surface area (Å²) < 4.78 is 0. The predicted octanol–water partition coefficient (Wildman–Crippen LogP) is 0.213. The number of amides is 4. The molecular weight excluding hydrogens is 284 g/mol. The van der Waals surface area contributed by atoms with Crippen LogP contribution in [0.2, 0.25) is 0 Å². The van der Waals surface area contributed by atoms with Crippen molar-refractivity contribution in [3.05, 3.63) is 0 Å². The number of rotatable bonds is 4. The molecule has 3 N–H and O–H groups in total. The van der Waals surface area contributed by atoms with Crippen LogP contribution in [0.1, 0.15) is 39.5 Å². The van der Waals surface area contributed by atoms with E-state index in [9.17, 15) is 14.4 Å². The van der Waals surface area contributed by atoms with Crippen LogP contribution in [0.3, 0.4) is 0 Å². The Morgan fingerprint density at radius 3 is 2.82 bits per heavy atom. The first-order valence-electron chi connectivity index (χ1n) is 7.99. The molecule has 2 aliphatic rings. The Hall–Kier alpha value is -1.79. The molecule has 2 heterocycles. The number of nitrogens with one attached hydrogen (secondary N) is 3. The summed E-state index contributed by atoms with van der Waals surface area (Å²) in [5, 5.41) is 8.45. The molecule has 0 radical (unpaired) electrons. The molecule has 1 atom stereocenters. The van der Waals surface area contributed by atoms with E-state index >= 15 is 0 Å². The Kier molecular flexibility index (Phi) is 5.26. The maximum Gasteiger partial charge on any atom is 0.317 e. The van der Waals surface area contributed by atoms with Gasteiger partial charge in [-0.25, -0.2) is 4.79 Å². The molecule has 0 saturated carbocycles. The number of carbonyl (C=O) groups is 3. The van der Waals surface area contributed by atoms with Crippen molar-refractivity contribution in [1.82, 2.24) is 20.9 Å². The van der Waals surface area contributed by atoms with Crippen LogP contribution in [-0.4, -0.2) is 55.0 Å². The van der Waals surface area contributed by atoms with Crippen molar-refractivity contribution in [2.75, 3.05) is 26.2 Å². The van der Waals surface area contributed by atoms with Crippen molar-refractivity contribution >= 4 is 17.8 Å². The number of nitrogens with zero attached hydrogens (tertiary/aromatic N) is 1. The molecule has 0 aromatic rings. The van der Waals surface area contributed by atoms with Crippen molar-refractivity contribution in [3.8, 4) is 0 Å². The van der Waals surface area contributed by atoms with Gasteiger partial charge in [0, 0.05) is 50.5 Å². The first-order valence-corrected chi connectivity index (χ1v) is 7.99. The van der Waals surface area contributed by atoms with E-state index in [2.05, 4.69) is 16.0 Å². The first kappa shape index (κ1) is 16.6. The van der Waals surface area contributed by atoms with Crippen LogP contribution in [0, 0.1) is 5.41 Å². The van der Waals surface area contributed by atoms with Crippen molar-refractivity contribution in [2.24, 2.45) is 5.41 Å². The number of hydrogen-bond donors (Lipinski definition) is 3. The molecule has 0 aliphatic carbocycles. The lowest BCUT2D eigenvalue weighted by Gasteiger charge is -2.39. The zero-order valence-corrected chi connectivity index (χ0v) is 13.4. The number of urea groups is 1. The molecule has 4 amide bonds. The van der Waals surface area contributed by atoms with Gasteiger partial charge in [-0.15, -0.1) is 0 Å². The number of piperidine rings is 1. The Morgan fingerprint density at radius 2 is 2.18 bits per heavy atom. The van der Waals surface area contributed by atoms with Gasteiger partial charge in [0.15, 0.2) is 0 Å². The summed E-state index contributed by atoms with van der Waals surface area (Å²) >= 11 is 0. The van der Waals surface area contributed by atoms with E-state index in [-0.39, 0.29) is 35.7 Å². The summed E-state index contributed by atoms with van der Waals surface area (Å²) in [5.41, 5.74) is -0.0955. The molecule has 1 spiro atoms. The van der Waals surface area contributed by atoms with Crippen molar-refractivity contribution < 1.29 is 14.4 Å². The second kappa shape index (κ2) is 6.98. The molecule has 0 aromatic carbocycles. The van der Waals surface area contributed by atoms with Gasteiger partial charge in [0.05, 0.1) is 0 Å². The van der Waals surface area contributed by atoms with Crippen LogP contribution in [0.4, 0.5) is 4.79 Å². The lowest BCUT2D eigenvalue weighted by Crippen LogP contribution is -2.51. The molecule has 1 unspecified atom stereocenters. The Morgan fingerprint density at radius 1 is 1.41 bits per heavy atom. The van der Waals surface area contributed by atoms with Gasteiger partial charge in [0.1, 0.15) is 0 Å². The first-order chi connectivity index (χ1) is 10.4.